The van der Waals surface area contributed by atoms with Crippen LogP contribution in [0.3, 0.4) is 0 Å². The van der Waals surface area contributed by atoms with Crippen molar-refractivity contribution in [3.8, 4) is 0 Å². The van der Waals surface area contributed by atoms with Crippen molar-refractivity contribution in [1.82, 2.24) is 5.01 Å². The van der Waals surface area contributed by atoms with Crippen molar-refractivity contribution >= 4 is 13.8 Å². The highest BCUT2D eigenvalue weighted by Crippen LogP contribution is 2.24. The standard InChI is InChI=1S/C18H36N2O4Si/c1-18(2)23-13-16(19-20-9-7-8-15(20)12-21-3)17(24-18)14-22-10-11-25(4,5)6/h15,17H,7-14H2,1-6H3/b19-16-/t15-,17-/m0/s1. The lowest BCUT2D eigenvalue weighted by Crippen LogP contribution is -2.49. The Kier molecular flexibility index (Phi) is 7.46. The highest BCUT2D eigenvalue weighted by molar-refractivity contribution is 6.76. The van der Waals surface area contributed by atoms with E-state index in [9.17, 15) is 0 Å². The van der Waals surface area contributed by atoms with Gasteiger partial charge in [0, 0.05) is 28.3 Å². The molecule has 146 valence electrons. The van der Waals surface area contributed by atoms with E-state index in [1.165, 1.54) is 0 Å². The van der Waals surface area contributed by atoms with Gasteiger partial charge in [0.15, 0.2) is 5.79 Å². The molecular formula is C18H36N2O4Si. The zero-order chi connectivity index (χ0) is 18.5. The van der Waals surface area contributed by atoms with Gasteiger partial charge in [0.2, 0.25) is 0 Å². The lowest BCUT2D eigenvalue weighted by Gasteiger charge is -2.37. The van der Waals surface area contributed by atoms with Gasteiger partial charge in [0.25, 0.3) is 0 Å². The van der Waals surface area contributed by atoms with Gasteiger partial charge in [-0.3, -0.25) is 5.01 Å². The number of ether oxygens (including phenoxy) is 4. The van der Waals surface area contributed by atoms with Crippen LogP contribution in [-0.2, 0) is 18.9 Å². The largest absolute Gasteiger partial charge is 0.382 e. The minimum absolute atomic E-state index is 0.144. The molecule has 0 saturated carbocycles. The van der Waals surface area contributed by atoms with Crippen molar-refractivity contribution in [3.05, 3.63) is 0 Å². The Bertz CT molecular complexity index is 451. The van der Waals surface area contributed by atoms with Gasteiger partial charge < -0.3 is 18.9 Å². The van der Waals surface area contributed by atoms with E-state index in [4.69, 9.17) is 24.0 Å². The molecule has 25 heavy (non-hydrogen) atoms. The predicted molar refractivity (Wildman–Crippen MR) is 103 cm³/mol. The summed E-state index contributed by atoms with van der Waals surface area (Å²) in [6, 6.07) is 1.51. The Morgan fingerprint density at radius 3 is 2.72 bits per heavy atom. The van der Waals surface area contributed by atoms with Gasteiger partial charge in [-0.2, -0.15) is 5.10 Å². The van der Waals surface area contributed by atoms with Crippen LogP contribution in [0.4, 0.5) is 0 Å². The molecule has 0 N–H and O–H groups in total. The maximum atomic E-state index is 6.10. The third kappa shape index (κ3) is 6.98. The van der Waals surface area contributed by atoms with Crippen molar-refractivity contribution in [2.45, 2.75) is 70.3 Å². The topological polar surface area (TPSA) is 52.5 Å². The van der Waals surface area contributed by atoms with Gasteiger partial charge >= 0.3 is 0 Å². The van der Waals surface area contributed by atoms with Gasteiger partial charge in [-0.05, 0) is 32.7 Å². The third-order valence-corrected chi connectivity index (χ3v) is 6.30. The Hall–Kier alpha value is -0.473. The molecule has 0 aliphatic carbocycles. The van der Waals surface area contributed by atoms with Gasteiger partial charge in [0.1, 0.15) is 6.10 Å². The molecule has 0 aromatic rings. The number of hydrazone groups is 1. The molecular weight excluding hydrogens is 336 g/mol. The molecule has 0 amide bonds. The van der Waals surface area contributed by atoms with E-state index in [-0.39, 0.29) is 6.10 Å². The van der Waals surface area contributed by atoms with E-state index in [0.29, 0.717) is 25.9 Å². The SMILES string of the molecule is COC[C@@H]1CCCN1/N=C1/COC(C)(C)O[C@H]1COCC[Si](C)(C)C. The first-order valence-corrected chi connectivity index (χ1v) is 13.1. The number of hydrogen-bond acceptors (Lipinski definition) is 6. The second kappa shape index (κ2) is 8.95. The summed E-state index contributed by atoms with van der Waals surface area (Å²) in [7, 11) is 0.664. The Labute approximate surface area is 153 Å². The maximum Gasteiger partial charge on any atom is 0.164 e. The molecule has 0 bridgehead atoms. The minimum Gasteiger partial charge on any atom is -0.382 e. The molecule has 0 radical (unpaired) electrons. The Morgan fingerprint density at radius 2 is 2.04 bits per heavy atom. The van der Waals surface area contributed by atoms with Crippen molar-refractivity contribution < 1.29 is 18.9 Å². The molecule has 0 spiro atoms. The van der Waals surface area contributed by atoms with Crippen molar-refractivity contribution in [2.24, 2.45) is 5.10 Å². The van der Waals surface area contributed by atoms with Gasteiger partial charge in [-0.1, -0.05) is 19.6 Å². The zero-order valence-electron chi connectivity index (χ0n) is 16.8. The molecule has 2 saturated heterocycles. The van der Waals surface area contributed by atoms with Crippen LogP contribution in [0, 0.1) is 0 Å². The summed E-state index contributed by atoms with van der Waals surface area (Å²) in [4.78, 5) is 0. The number of hydrogen-bond donors (Lipinski definition) is 0. The molecule has 2 atom stereocenters. The van der Waals surface area contributed by atoms with Gasteiger partial charge in [-0.15, -0.1) is 0 Å². The Balaban J connectivity index is 1.97. The Morgan fingerprint density at radius 1 is 1.28 bits per heavy atom. The summed E-state index contributed by atoms with van der Waals surface area (Å²) in [5, 5.41) is 7.00. The summed E-state index contributed by atoms with van der Waals surface area (Å²) < 4.78 is 23.2. The van der Waals surface area contributed by atoms with Crippen LogP contribution in [0.25, 0.3) is 0 Å². The van der Waals surface area contributed by atoms with Crippen LogP contribution in [-0.4, -0.2) is 76.8 Å². The van der Waals surface area contributed by atoms with E-state index in [1.807, 2.05) is 13.8 Å². The maximum absolute atomic E-state index is 6.10. The second-order valence-electron chi connectivity index (χ2n) is 8.69. The van der Waals surface area contributed by atoms with Crippen LogP contribution in [0.15, 0.2) is 5.10 Å². The first-order valence-electron chi connectivity index (χ1n) is 9.43. The van der Waals surface area contributed by atoms with E-state index >= 15 is 0 Å². The van der Waals surface area contributed by atoms with Crippen molar-refractivity contribution in [2.75, 3.05) is 40.1 Å². The van der Waals surface area contributed by atoms with Crippen LogP contribution in [0.1, 0.15) is 26.7 Å². The minimum atomic E-state index is -1.08. The zero-order valence-corrected chi connectivity index (χ0v) is 17.8. The average molecular weight is 373 g/mol. The molecule has 2 fully saturated rings. The first-order chi connectivity index (χ1) is 11.7. The van der Waals surface area contributed by atoms with Crippen LogP contribution >= 0.6 is 0 Å². The lowest BCUT2D eigenvalue weighted by molar-refractivity contribution is -0.241. The van der Waals surface area contributed by atoms with E-state index in [1.54, 1.807) is 7.11 Å². The molecule has 2 rings (SSSR count). The quantitative estimate of drug-likeness (QED) is 0.484. The highest BCUT2D eigenvalue weighted by atomic mass is 28.3. The monoisotopic (exact) mass is 372 g/mol. The number of methoxy groups -OCH3 is 1. The highest BCUT2D eigenvalue weighted by Gasteiger charge is 2.35. The van der Waals surface area contributed by atoms with Gasteiger partial charge in [-0.25, -0.2) is 0 Å². The molecule has 0 unspecified atom stereocenters. The molecule has 6 nitrogen and oxygen atoms in total. The fraction of sp³-hybridized carbons (Fsp3) is 0.944. The van der Waals surface area contributed by atoms with E-state index in [0.717, 1.165) is 37.7 Å². The molecule has 7 heteroatoms. The molecule has 2 aliphatic heterocycles. The fourth-order valence-electron chi connectivity index (χ4n) is 3.06. The van der Waals surface area contributed by atoms with E-state index in [2.05, 4.69) is 24.6 Å². The molecule has 0 aromatic carbocycles. The lowest BCUT2D eigenvalue weighted by atomic mass is 10.2. The van der Waals surface area contributed by atoms with Crippen LogP contribution in [0.5, 0.6) is 0 Å². The molecule has 2 heterocycles. The smallest absolute Gasteiger partial charge is 0.164 e. The summed E-state index contributed by atoms with van der Waals surface area (Å²) in [6.07, 6.45) is 2.12. The summed E-state index contributed by atoms with van der Waals surface area (Å²) in [5.74, 6) is -0.594. The number of nitrogens with zero attached hydrogens (tertiary/aromatic N) is 2. The van der Waals surface area contributed by atoms with Crippen molar-refractivity contribution in [3.63, 3.8) is 0 Å². The summed E-state index contributed by atoms with van der Waals surface area (Å²) in [5.41, 5.74) is 0.926. The normalized spacial score (nSPS) is 28.7. The first kappa shape index (κ1) is 20.8. The third-order valence-electron chi connectivity index (χ3n) is 4.59. The average Bonchev–Trinajstić information content (AvgIpc) is 2.92. The summed E-state index contributed by atoms with van der Waals surface area (Å²) >= 11 is 0. The number of rotatable bonds is 8. The fourth-order valence-corrected chi connectivity index (χ4v) is 3.81. The van der Waals surface area contributed by atoms with E-state index < -0.39 is 13.9 Å². The summed E-state index contributed by atoms with van der Waals surface area (Å²) in [6.45, 7) is 14.5. The van der Waals surface area contributed by atoms with Crippen molar-refractivity contribution in [1.29, 1.82) is 0 Å². The molecule has 2 aliphatic rings. The molecule has 0 aromatic heterocycles. The second-order valence-corrected chi connectivity index (χ2v) is 14.3. The van der Waals surface area contributed by atoms with Gasteiger partial charge in [0.05, 0.1) is 31.6 Å². The van der Waals surface area contributed by atoms with Crippen LogP contribution < -0.4 is 0 Å². The predicted octanol–water partition coefficient (Wildman–Crippen LogP) is 2.96. The van der Waals surface area contributed by atoms with Crippen LogP contribution in [0.2, 0.25) is 25.7 Å².